The second kappa shape index (κ2) is 10.2. The average Bonchev–Trinajstić information content (AvgIpc) is 3.24. The van der Waals surface area contributed by atoms with Gasteiger partial charge in [-0.25, -0.2) is 4.98 Å². The van der Waals surface area contributed by atoms with Crippen LogP contribution in [0.15, 0.2) is 24.3 Å². The molecule has 0 spiro atoms. The van der Waals surface area contributed by atoms with Crippen LogP contribution in [0.2, 0.25) is 0 Å². The van der Waals surface area contributed by atoms with Crippen LogP contribution in [0.25, 0.3) is 10.2 Å². The number of nitrogens with zero attached hydrogens (tertiary/aromatic N) is 2. The van der Waals surface area contributed by atoms with E-state index >= 15 is 0 Å². The molecule has 1 aliphatic heterocycles. The second-order valence-corrected chi connectivity index (χ2v) is 7.81. The SMILES string of the molecule is CC(C)[C@H](N)C(=O)NCC(=O)N1CCCC1c1nc2ccccc2s1.Cl.Cl. The van der Waals surface area contributed by atoms with Crippen LogP contribution >= 0.6 is 36.2 Å². The molecule has 3 rings (SSSR count). The van der Waals surface area contributed by atoms with Crippen molar-refractivity contribution in [2.75, 3.05) is 13.1 Å². The first-order chi connectivity index (χ1) is 12.0. The van der Waals surface area contributed by atoms with Crippen LogP contribution in [-0.4, -0.2) is 40.8 Å². The van der Waals surface area contributed by atoms with E-state index in [-0.39, 0.29) is 55.1 Å². The van der Waals surface area contributed by atoms with Gasteiger partial charge in [0.1, 0.15) is 5.01 Å². The lowest BCUT2D eigenvalue weighted by Crippen LogP contribution is -2.47. The summed E-state index contributed by atoms with van der Waals surface area (Å²) in [6, 6.07) is 7.41. The Bertz CT molecular complexity index is 751. The Hall–Kier alpha value is -1.41. The number of nitrogens with one attached hydrogen (secondary N) is 1. The van der Waals surface area contributed by atoms with Crippen molar-refractivity contribution in [2.24, 2.45) is 11.7 Å². The monoisotopic (exact) mass is 432 g/mol. The highest BCUT2D eigenvalue weighted by Gasteiger charge is 2.32. The van der Waals surface area contributed by atoms with E-state index in [1.165, 1.54) is 0 Å². The number of carbonyl (C=O) groups excluding carboxylic acids is 2. The third-order valence-electron chi connectivity index (χ3n) is 4.60. The first-order valence-electron chi connectivity index (χ1n) is 8.65. The molecule has 6 nitrogen and oxygen atoms in total. The minimum Gasteiger partial charge on any atom is -0.346 e. The maximum Gasteiger partial charge on any atom is 0.242 e. The van der Waals surface area contributed by atoms with E-state index in [2.05, 4.69) is 5.32 Å². The number of nitrogens with two attached hydrogens (primary N) is 1. The van der Waals surface area contributed by atoms with E-state index in [1.54, 1.807) is 11.3 Å². The molecule has 2 atom stereocenters. The van der Waals surface area contributed by atoms with Gasteiger partial charge in [0.15, 0.2) is 0 Å². The van der Waals surface area contributed by atoms with Crippen LogP contribution in [0, 0.1) is 5.92 Å². The fourth-order valence-electron chi connectivity index (χ4n) is 3.04. The molecule has 27 heavy (non-hydrogen) atoms. The highest BCUT2D eigenvalue weighted by Crippen LogP contribution is 2.36. The summed E-state index contributed by atoms with van der Waals surface area (Å²) in [5, 5.41) is 3.64. The number of thiazole rings is 1. The van der Waals surface area contributed by atoms with Crippen molar-refractivity contribution in [1.82, 2.24) is 15.2 Å². The number of benzene rings is 1. The lowest BCUT2D eigenvalue weighted by molar-refractivity contribution is -0.134. The third-order valence-corrected chi connectivity index (χ3v) is 5.74. The summed E-state index contributed by atoms with van der Waals surface area (Å²) >= 11 is 1.64. The van der Waals surface area contributed by atoms with Crippen molar-refractivity contribution in [2.45, 2.75) is 38.8 Å². The molecule has 150 valence electrons. The van der Waals surface area contributed by atoms with E-state index in [9.17, 15) is 9.59 Å². The predicted molar refractivity (Wildman–Crippen MR) is 114 cm³/mol. The van der Waals surface area contributed by atoms with Crippen molar-refractivity contribution in [3.05, 3.63) is 29.3 Å². The maximum absolute atomic E-state index is 12.6. The zero-order valence-corrected chi connectivity index (χ0v) is 17.8. The molecule has 0 bridgehead atoms. The molecular formula is C18H26Cl2N4O2S. The number of aromatic nitrogens is 1. The molecule has 1 saturated heterocycles. The molecule has 3 N–H and O–H groups in total. The summed E-state index contributed by atoms with van der Waals surface area (Å²) in [4.78, 5) is 31.1. The largest absolute Gasteiger partial charge is 0.346 e. The topological polar surface area (TPSA) is 88.3 Å². The van der Waals surface area contributed by atoms with Gasteiger partial charge in [0.25, 0.3) is 0 Å². The third kappa shape index (κ3) is 5.31. The molecule has 0 aliphatic carbocycles. The first-order valence-corrected chi connectivity index (χ1v) is 9.47. The smallest absolute Gasteiger partial charge is 0.242 e. The summed E-state index contributed by atoms with van der Waals surface area (Å²) in [5.74, 6) is -0.317. The summed E-state index contributed by atoms with van der Waals surface area (Å²) in [7, 11) is 0. The van der Waals surface area contributed by atoms with Crippen molar-refractivity contribution in [1.29, 1.82) is 0 Å². The van der Waals surface area contributed by atoms with E-state index in [4.69, 9.17) is 10.7 Å². The number of amides is 2. The number of fused-ring (bicyclic) bond motifs is 1. The molecule has 1 aliphatic rings. The highest BCUT2D eigenvalue weighted by molar-refractivity contribution is 7.18. The van der Waals surface area contributed by atoms with Crippen LogP contribution in [0.5, 0.6) is 0 Å². The number of hydrogen-bond acceptors (Lipinski definition) is 5. The molecule has 1 unspecified atom stereocenters. The molecule has 0 saturated carbocycles. The Morgan fingerprint density at radius 2 is 2.04 bits per heavy atom. The second-order valence-electron chi connectivity index (χ2n) is 6.75. The van der Waals surface area contributed by atoms with Crippen LogP contribution < -0.4 is 11.1 Å². The van der Waals surface area contributed by atoms with Gasteiger partial charge in [-0.2, -0.15) is 0 Å². The number of hydrogen-bond donors (Lipinski definition) is 2. The lowest BCUT2D eigenvalue weighted by atomic mass is 10.1. The Morgan fingerprint density at radius 1 is 1.33 bits per heavy atom. The Labute approximate surface area is 175 Å². The Balaban J connectivity index is 0.00000182. The van der Waals surface area contributed by atoms with Gasteiger partial charge >= 0.3 is 0 Å². The normalized spacial score (nSPS) is 17.3. The van der Waals surface area contributed by atoms with Crippen LogP contribution in [-0.2, 0) is 9.59 Å². The van der Waals surface area contributed by atoms with Crippen LogP contribution in [0.1, 0.15) is 37.7 Å². The molecular weight excluding hydrogens is 407 g/mol. The van der Waals surface area contributed by atoms with E-state index in [0.717, 1.165) is 28.1 Å². The molecule has 9 heteroatoms. The van der Waals surface area contributed by atoms with E-state index < -0.39 is 6.04 Å². The highest BCUT2D eigenvalue weighted by atomic mass is 35.5. The standard InChI is InChI=1S/C18H24N4O2S.2ClH/c1-11(2)16(19)17(24)20-10-15(23)22-9-5-7-13(22)18-21-12-6-3-4-8-14(12)25-18;;/h3-4,6,8,11,13,16H,5,7,9-10,19H2,1-2H3,(H,20,24);2*1H/t13?,16-;;/m0../s1. The fourth-order valence-corrected chi connectivity index (χ4v) is 4.15. The van der Waals surface area contributed by atoms with Gasteiger partial charge in [-0.15, -0.1) is 36.2 Å². The number of rotatable bonds is 5. The van der Waals surface area contributed by atoms with Crippen LogP contribution in [0.4, 0.5) is 0 Å². The van der Waals surface area contributed by atoms with E-state index in [0.29, 0.717) is 6.54 Å². The first kappa shape index (κ1) is 23.6. The predicted octanol–water partition coefficient (Wildman–Crippen LogP) is 2.90. The number of carbonyl (C=O) groups is 2. The molecule has 0 radical (unpaired) electrons. The zero-order chi connectivity index (χ0) is 18.0. The van der Waals surface area contributed by atoms with Crippen molar-refractivity contribution in [3.63, 3.8) is 0 Å². The van der Waals surface area contributed by atoms with Gasteiger partial charge < -0.3 is 16.0 Å². The Kier molecular flexibility index (Phi) is 8.94. The summed E-state index contributed by atoms with van der Waals surface area (Å²) in [6.45, 7) is 4.46. The summed E-state index contributed by atoms with van der Waals surface area (Å²) < 4.78 is 1.13. The minimum absolute atomic E-state index is 0. The van der Waals surface area contributed by atoms with Gasteiger partial charge in [-0.1, -0.05) is 26.0 Å². The molecule has 2 aromatic rings. The minimum atomic E-state index is -0.591. The maximum atomic E-state index is 12.6. The number of halogens is 2. The van der Waals surface area contributed by atoms with Crippen molar-refractivity contribution >= 4 is 58.2 Å². The lowest BCUT2D eigenvalue weighted by Gasteiger charge is -2.24. The Morgan fingerprint density at radius 3 is 2.70 bits per heavy atom. The van der Waals surface area contributed by atoms with Gasteiger partial charge in [0.05, 0.1) is 28.8 Å². The van der Waals surface area contributed by atoms with Gasteiger partial charge in [0.2, 0.25) is 11.8 Å². The molecule has 1 fully saturated rings. The number of para-hydroxylation sites is 1. The molecule has 1 aromatic carbocycles. The molecule has 2 amide bonds. The van der Waals surface area contributed by atoms with Gasteiger partial charge in [0, 0.05) is 6.54 Å². The fraction of sp³-hybridized carbons (Fsp3) is 0.500. The summed E-state index contributed by atoms with van der Waals surface area (Å²) in [5.41, 5.74) is 6.79. The average molecular weight is 433 g/mol. The summed E-state index contributed by atoms with van der Waals surface area (Å²) in [6.07, 6.45) is 1.86. The van der Waals surface area contributed by atoms with Crippen molar-refractivity contribution < 1.29 is 9.59 Å². The van der Waals surface area contributed by atoms with Crippen LogP contribution in [0.3, 0.4) is 0 Å². The quantitative estimate of drug-likeness (QED) is 0.759. The van der Waals surface area contributed by atoms with E-state index in [1.807, 2.05) is 43.0 Å². The zero-order valence-electron chi connectivity index (χ0n) is 15.4. The van der Waals surface area contributed by atoms with Gasteiger partial charge in [-0.05, 0) is 30.9 Å². The number of likely N-dealkylation sites (tertiary alicyclic amines) is 1. The molecule has 2 heterocycles. The van der Waals surface area contributed by atoms with Crippen molar-refractivity contribution in [3.8, 4) is 0 Å². The molecule has 1 aromatic heterocycles. The van der Waals surface area contributed by atoms with Gasteiger partial charge in [-0.3, -0.25) is 9.59 Å².